The summed E-state index contributed by atoms with van der Waals surface area (Å²) in [5.74, 6) is 0.667. The molecule has 1 fully saturated rings. The van der Waals surface area contributed by atoms with Crippen molar-refractivity contribution in [3.8, 4) is 0 Å². The normalized spacial score (nSPS) is 18.9. The van der Waals surface area contributed by atoms with Gasteiger partial charge in [-0.1, -0.05) is 19.1 Å². The van der Waals surface area contributed by atoms with Crippen molar-refractivity contribution in [2.24, 2.45) is 5.92 Å². The second-order valence-electron chi connectivity index (χ2n) is 6.72. The van der Waals surface area contributed by atoms with Gasteiger partial charge in [0.05, 0.1) is 11.6 Å². The number of hydrogen-bond acceptors (Lipinski definition) is 3. The summed E-state index contributed by atoms with van der Waals surface area (Å²) in [6, 6.07) is 12.1. The minimum atomic E-state index is -0.0930. The second-order valence-corrected chi connectivity index (χ2v) is 6.72. The van der Waals surface area contributed by atoms with Crippen LogP contribution in [0.2, 0.25) is 0 Å². The zero-order chi connectivity index (χ0) is 16.9. The molecule has 0 saturated carbocycles. The fraction of sp³-hybridized carbons (Fsp3) is 0.400. The van der Waals surface area contributed by atoms with Gasteiger partial charge in [0.2, 0.25) is 0 Å². The van der Waals surface area contributed by atoms with Gasteiger partial charge >= 0.3 is 0 Å². The number of anilines is 1. The summed E-state index contributed by atoms with van der Waals surface area (Å²) in [6.45, 7) is 6.59. The monoisotopic (exact) mass is 323 g/mol. The summed E-state index contributed by atoms with van der Waals surface area (Å²) in [5.41, 5.74) is 2.97. The lowest BCUT2D eigenvalue weighted by molar-refractivity contribution is 0.0939. The highest BCUT2D eigenvalue weighted by Crippen LogP contribution is 2.24. The SMILES string of the molecule is C[C@@H]1CCCN(c2ccc([C@H](C)NC(=O)c3cccnc3)cc2)C1. The zero-order valence-electron chi connectivity index (χ0n) is 14.4. The number of nitrogens with one attached hydrogen (secondary N) is 1. The molecular weight excluding hydrogens is 298 g/mol. The van der Waals surface area contributed by atoms with E-state index in [0.717, 1.165) is 24.6 Å². The third-order valence-corrected chi connectivity index (χ3v) is 4.69. The van der Waals surface area contributed by atoms with Crippen LogP contribution in [0.25, 0.3) is 0 Å². The summed E-state index contributed by atoms with van der Waals surface area (Å²) in [5, 5.41) is 3.03. The lowest BCUT2D eigenvalue weighted by atomic mass is 9.99. The Bertz CT molecular complexity index is 669. The largest absolute Gasteiger partial charge is 0.371 e. The van der Waals surface area contributed by atoms with Gasteiger partial charge in [-0.15, -0.1) is 0 Å². The molecule has 4 heteroatoms. The molecule has 2 atom stereocenters. The fourth-order valence-corrected chi connectivity index (χ4v) is 3.26. The van der Waals surface area contributed by atoms with Crippen LogP contribution in [0, 0.1) is 5.92 Å². The van der Waals surface area contributed by atoms with Crippen molar-refractivity contribution >= 4 is 11.6 Å². The second kappa shape index (κ2) is 7.47. The van der Waals surface area contributed by atoms with Gasteiger partial charge in [0.25, 0.3) is 5.91 Å². The van der Waals surface area contributed by atoms with Gasteiger partial charge in [0, 0.05) is 31.2 Å². The molecule has 4 nitrogen and oxygen atoms in total. The van der Waals surface area contributed by atoms with Crippen molar-refractivity contribution in [2.45, 2.75) is 32.7 Å². The average molecular weight is 323 g/mol. The standard InChI is InChI=1S/C20H25N3O/c1-15-5-4-12-23(14-15)19-9-7-17(8-10-19)16(2)22-20(24)18-6-3-11-21-13-18/h3,6-11,13,15-16H,4-5,12,14H2,1-2H3,(H,22,24)/t15-,16+/m1/s1. The zero-order valence-corrected chi connectivity index (χ0v) is 14.4. The van der Waals surface area contributed by atoms with Crippen molar-refractivity contribution in [1.82, 2.24) is 10.3 Å². The first-order chi connectivity index (χ1) is 11.6. The van der Waals surface area contributed by atoms with Gasteiger partial charge in [0.1, 0.15) is 0 Å². The molecule has 0 bridgehead atoms. The molecule has 1 saturated heterocycles. The van der Waals surface area contributed by atoms with Crippen LogP contribution >= 0.6 is 0 Å². The molecule has 1 aliphatic rings. The van der Waals surface area contributed by atoms with Gasteiger partial charge in [-0.3, -0.25) is 9.78 Å². The predicted molar refractivity (Wildman–Crippen MR) is 97.2 cm³/mol. The smallest absolute Gasteiger partial charge is 0.253 e. The lowest BCUT2D eigenvalue weighted by Gasteiger charge is -2.33. The van der Waals surface area contributed by atoms with Gasteiger partial charge in [-0.25, -0.2) is 0 Å². The van der Waals surface area contributed by atoms with E-state index in [1.54, 1.807) is 24.5 Å². The van der Waals surface area contributed by atoms with Gasteiger partial charge in [-0.05, 0) is 55.5 Å². The topological polar surface area (TPSA) is 45.2 Å². The average Bonchev–Trinajstić information content (AvgIpc) is 2.62. The number of piperidine rings is 1. The highest BCUT2D eigenvalue weighted by Gasteiger charge is 2.17. The Kier molecular flexibility index (Phi) is 5.14. The first kappa shape index (κ1) is 16.5. The lowest BCUT2D eigenvalue weighted by Crippen LogP contribution is -2.34. The van der Waals surface area contributed by atoms with Crippen LogP contribution in [0.3, 0.4) is 0 Å². The summed E-state index contributed by atoms with van der Waals surface area (Å²) in [7, 11) is 0. The van der Waals surface area contributed by atoms with Crippen molar-refractivity contribution in [2.75, 3.05) is 18.0 Å². The summed E-state index contributed by atoms with van der Waals surface area (Å²) < 4.78 is 0. The van der Waals surface area contributed by atoms with E-state index < -0.39 is 0 Å². The number of amides is 1. The summed E-state index contributed by atoms with van der Waals surface area (Å²) >= 11 is 0. The van der Waals surface area contributed by atoms with Crippen molar-refractivity contribution < 1.29 is 4.79 Å². The molecule has 1 aromatic heterocycles. The third-order valence-electron chi connectivity index (χ3n) is 4.69. The number of pyridine rings is 1. The van der Waals surface area contributed by atoms with Crippen LogP contribution in [0.5, 0.6) is 0 Å². The van der Waals surface area contributed by atoms with E-state index in [2.05, 4.69) is 46.4 Å². The third kappa shape index (κ3) is 3.94. The van der Waals surface area contributed by atoms with E-state index in [-0.39, 0.29) is 11.9 Å². The van der Waals surface area contributed by atoms with Crippen LogP contribution in [0.1, 0.15) is 48.7 Å². The maximum Gasteiger partial charge on any atom is 0.253 e. The molecule has 2 heterocycles. The minimum Gasteiger partial charge on any atom is -0.371 e. The molecule has 1 N–H and O–H groups in total. The van der Waals surface area contributed by atoms with E-state index in [9.17, 15) is 4.79 Å². The van der Waals surface area contributed by atoms with Gasteiger partial charge in [0.15, 0.2) is 0 Å². The van der Waals surface area contributed by atoms with E-state index in [0.29, 0.717) is 5.56 Å². The molecule has 0 aliphatic carbocycles. The van der Waals surface area contributed by atoms with Crippen molar-refractivity contribution in [3.05, 3.63) is 59.9 Å². The minimum absolute atomic E-state index is 0.0352. The number of rotatable bonds is 4. The number of carbonyl (C=O) groups excluding carboxylic acids is 1. The number of aromatic nitrogens is 1. The summed E-state index contributed by atoms with van der Waals surface area (Å²) in [6.07, 6.45) is 5.84. The Morgan fingerprint density at radius 3 is 2.75 bits per heavy atom. The maximum atomic E-state index is 12.2. The van der Waals surface area contributed by atoms with Crippen LogP contribution in [0.15, 0.2) is 48.8 Å². The van der Waals surface area contributed by atoms with E-state index in [1.807, 2.05) is 6.92 Å². The Labute approximate surface area is 143 Å². The van der Waals surface area contributed by atoms with Crippen molar-refractivity contribution in [3.63, 3.8) is 0 Å². The first-order valence-electron chi connectivity index (χ1n) is 8.69. The quantitative estimate of drug-likeness (QED) is 0.930. The summed E-state index contributed by atoms with van der Waals surface area (Å²) in [4.78, 5) is 18.7. The Morgan fingerprint density at radius 2 is 2.08 bits per heavy atom. The Hall–Kier alpha value is -2.36. The Balaban J connectivity index is 1.63. The first-order valence-corrected chi connectivity index (χ1v) is 8.69. The molecule has 1 amide bonds. The molecular formula is C20H25N3O. The fourth-order valence-electron chi connectivity index (χ4n) is 3.26. The van der Waals surface area contributed by atoms with Crippen LogP contribution in [0.4, 0.5) is 5.69 Å². The molecule has 126 valence electrons. The molecule has 0 spiro atoms. The highest BCUT2D eigenvalue weighted by molar-refractivity contribution is 5.94. The Morgan fingerprint density at radius 1 is 1.29 bits per heavy atom. The molecule has 0 unspecified atom stereocenters. The van der Waals surface area contributed by atoms with E-state index in [4.69, 9.17) is 0 Å². The number of hydrogen-bond donors (Lipinski definition) is 1. The van der Waals surface area contributed by atoms with E-state index in [1.165, 1.54) is 18.5 Å². The number of carbonyl (C=O) groups is 1. The van der Waals surface area contributed by atoms with Crippen molar-refractivity contribution in [1.29, 1.82) is 0 Å². The number of nitrogens with zero attached hydrogens (tertiary/aromatic N) is 2. The van der Waals surface area contributed by atoms with Crippen LogP contribution < -0.4 is 10.2 Å². The molecule has 1 aromatic carbocycles. The van der Waals surface area contributed by atoms with Gasteiger partial charge in [-0.2, -0.15) is 0 Å². The number of benzene rings is 1. The molecule has 2 aromatic rings. The molecule has 0 radical (unpaired) electrons. The van der Waals surface area contributed by atoms with Crippen LogP contribution in [-0.4, -0.2) is 24.0 Å². The highest BCUT2D eigenvalue weighted by atomic mass is 16.1. The van der Waals surface area contributed by atoms with E-state index >= 15 is 0 Å². The predicted octanol–water partition coefficient (Wildman–Crippen LogP) is 3.81. The molecule has 24 heavy (non-hydrogen) atoms. The maximum absolute atomic E-state index is 12.2. The molecule has 3 rings (SSSR count). The molecule has 1 aliphatic heterocycles. The van der Waals surface area contributed by atoms with Gasteiger partial charge < -0.3 is 10.2 Å². The van der Waals surface area contributed by atoms with Crippen LogP contribution in [-0.2, 0) is 0 Å².